The number of rotatable bonds is 7. The first kappa shape index (κ1) is 21.8. The monoisotopic (exact) mass is 447 g/mol. The van der Waals surface area contributed by atoms with Gasteiger partial charge in [-0.3, -0.25) is 0 Å². The predicted octanol–water partition coefficient (Wildman–Crippen LogP) is 2.13. The third kappa shape index (κ3) is 4.19. The number of fused-ring (bicyclic) bond motifs is 1. The number of aliphatic hydroxyl groups excluding tert-OH is 2. The van der Waals surface area contributed by atoms with E-state index in [1.165, 1.54) is 22.3 Å². The number of aromatic nitrogens is 1. The number of nitrogens with zero attached hydrogens (tertiary/aromatic N) is 1. The van der Waals surface area contributed by atoms with E-state index in [2.05, 4.69) is 0 Å². The zero-order chi connectivity index (χ0) is 22.0. The van der Waals surface area contributed by atoms with Crippen molar-refractivity contribution >= 4 is 20.9 Å². The van der Waals surface area contributed by atoms with Crippen molar-refractivity contribution in [2.75, 3.05) is 13.2 Å². The molecule has 4 atom stereocenters. The molecule has 2 N–H and O–H groups in total. The highest BCUT2D eigenvalue weighted by molar-refractivity contribution is 7.90. The van der Waals surface area contributed by atoms with Gasteiger partial charge in [-0.15, -0.1) is 0 Å². The summed E-state index contributed by atoms with van der Waals surface area (Å²) in [6, 6.07) is 15.1. The Bertz CT molecular complexity index is 1130. The maximum absolute atomic E-state index is 13.2. The molecule has 2 aromatic carbocycles. The Morgan fingerprint density at radius 1 is 1.13 bits per heavy atom. The van der Waals surface area contributed by atoms with Gasteiger partial charge >= 0.3 is 0 Å². The molecule has 0 amide bonds. The highest BCUT2D eigenvalue weighted by atomic mass is 32.2. The summed E-state index contributed by atoms with van der Waals surface area (Å²) in [5, 5.41) is 20.6. The normalized spacial score (nSPS) is 24.4. The predicted molar refractivity (Wildman–Crippen MR) is 113 cm³/mol. The van der Waals surface area contributed by atoms with Gasteiger partial charge in [-0.1, -0.05) is 30.3 Å². The van der Waals surface area contributed by atoms with Gasteiger partial charge < -0.3 is 24.4 Å². The Labute approximate surface area is 180 Å². The van der Waals surface area contributed by atoms with Gasteiger partial charge in [-0.25, -0.2) is 12.4 Å². The van der Waals surface area contributed by atoms with Crippen molar-refractivity contribution in [3.8, 4) is 5.75 Å². The zero-order valence-corrected chi connectivity index (χ0v) is 17.8. The van der Waals surface area contributed by atoms with E-state index >= 15 is 0 Å². The SMILES string of the molecule is CCO[C@H]1O[C@H](CO)C[C@H](O)[C@H]1Oc1cn(S(=O)(=O)c2ccccc2)c2ccccc12. The number of aliphatic hydroxyl groups is 2. The van der Waals surface area contributed by atoms with Gasteiger partial charge in [0.05, 0.1) is 35.4 Å². The van der Waals surface area contributed by atoms with E-state index in [1.54, 1.807) is 49.4 Å². The zero-order valence-electron chi connectivity index (χ0n) is 17.0. The summed E-state index contributed by atoms with van der Waals surface area (Å²) < 4.78 is 45.0. The van der Waals surface area contributed by atoms with Crippen molar-refractivity contribution in [3.63, 3.8) is 0 Å². The lowest BCUT2D eigenvalue weighted by atomic mass is 10.0. The fourth-order valence-corrected chi connectivity index (χ4v) is 5.10. The second-order valence-electron chi connectivity index (χ2n) is 7.27. The molecule has 0 radical (unpaired) electrons. The van der Waals surface area contributed by atoms with Crippen LogP contribution in [0, 0.1) is 0 Å². The first-order chi connectivity index (χ1) is 15.0. The summed E-state index contributed by atoms with van der Waals surface area (Å²) >= 11 is 0. The Balaban J connectivity index is 1.74. The number of hydrogen-bond acceptors (Lipinski definition) is 7. The van der Waals surface area contributed by atoms with Crippen LogP contribution in [0.4, 0.5) is 0 Å². The maximum atomic E-state index is 13.2. The minimum atomic E-state index is -3.86. The molecule has 1 aliphatic rings. The van der Waals surface area contributed by atoms with Crippen LogP contribution in [0.5, 0.6) is 5.75 Å². The van der Waals surface area contributed by atoms with Gasteiger partial charge in [0.15, 0.2) is 12.4 Å². The lowest BCUT2D eigenvalue weighted by Crippen LogP contribution is -2.53. The molecular weight excluding hydrogens is 422 g/mol. The van der Waals surface area contributed by atoms with Gasteiger partial charge in [-0.2, -0.15) is 0 Å². The fourth-order valence-electron chi connectivity index (χ4n) is 3.72. The minimum Gasteiger partial charge on any atom is -0.480 e. The maximum Gasteiger partial charge on any atom is 0.268 e. The summed E-state index contributed by atoms with van der Waals surface area (Å²) in [7, 11) is -3.86. The van der Waals surface area contributed by atoms with Crippen molar-refractivity contribution in [2.45, 2.75) is 42.8 Å². The average Bonchev–Trinajstić information content (AvgIpc) is 3.16. The highest BCUT2D eigenvalue weighted by Crippen LogP contribution is 2.34. The first-order valence-corrected chi connectivity index (χ1v) is 11.5. The molecule has 31 heavy (non-hydrogen) atoms. The molecule has 9 heteroatoms. The van der Waals surface area contributed by atoms with E-state index in [0.717, 1.165) is 0 Å². The van der Waals surface area contributed by atoms with E-state index in [-0.39, 0.29) is 23.7 Å². The molecule has 8 nitrogen and oxygen atoms in total. The van der Waals surface area contributed by atoms with Crippen LogP contribution in [-0.2, 0) is 19.5 Å². The van der Waals surface area contributed by atoms with Crippen molar-refractivity contribution in [2.24, 2.45) is 0 Å². The van der Waals surface area contributed by atoms with E-state index in [1.807, 2.05) is 0 Å². The Morgan fingerprint density at radius 2 is 1.84 bits per heavy atom. The number of hydrogen-bond donors (Lipinski definition) is 2. The second-order valence-corrected chi connectivity index (χ2v) is 9.09. The van der Waals surface area contributed by atoms with Crippen LogP contribution in [0.25, 0.3) is 10.9 Å². The molecule has 0 aliphatic carbocycles. The van der Waals surface area contributed by atoms with Crippen LogP contribution in [0.1, 0.15) is 13.3 Å². The van der Waals surface area contributed by atoms with E-state index in [4.69, 9.17) is 14.2 Å². The summed E-state index contributed by atoms with van der Waals surface area (Å²) in [4.78, 5) is 0.154. The molecule has 1 saturated heterocycles. The number of para-hydroxylation sites is 1. The van der Waals surface area contributed by atoms with Crippen LogP contribution in [0.3, 0.4) is 0 Å². The number of ether oxygens (including phenoxy) is 3. The molecule has 1 aliphatic heterocycles. The molecule has 0 bridgehead atoms. The summed E-state index contributed by atoms with van der Waals surface area (Å²) in [6.45, 7) is 1.86. The molecule has 0 saturated carbocycles. The second kappa shape index (κ2) is 8.97. The molecule has 166 valence electrons. The molecule has 0 spiro atoms. The van der Waals surface area contributed by atoms with Crippen molar-refractivity contribution < 1.29 is 32.8 Å². The van der Waals surface area contributed by atoms with Crippen LogP contribution < -0.4 is 4.74 Å². The van der Waals surface area contributed by atoms with Crippen molar-refractivity contribution in [3.05, 3.63) is 60.8 Å². The molecule has 3 aromatic rings. The largest absolute Gasteiger partial charge is 0.480 e. The quantitative estimate of drug-likeness (QED) is 0.571. The Kier molecular flexibility index (Phi) is 6.31. The molecule has 4 rings (SSSR count). The third-order valence-corrected chi connectivity index (χ3v) is 6.91. The first-order valence-electron chi connectivity index (χ1n) is 10.1. The van der Waals surface area contributed by atoms with Gasteiger partial charge in [0.25, 0.3) is 10.0 Å². The third-order valence-electron chi connectivity index (χ3n) is 5.22. The Morgan fingerprint density at radius 3 is 2.55 bits per heavy atom. The van der Waals surface area contributed by atoms with E-state index in [0.29, 0.717) is 17.5 Å². The molecule has 1 aromatic heterocycles. The van der Waals surface area contributed by atoms with Crippen LogP contribution >= 0.6 is 0 Å². The summed E-state index contributed by atoms with van der Waals surface area (Å²) in [6.07, 6.45) is -1.74. The lowest BCUT2D eigenvalue weighted by Gasteiger charge is -2.38. The van der Waals surface area contributed by atoms with Gasteiger partial charge in [0.2, 0.25) is 0 Å². The van der Waals surface area contributed by atoms with Crippen LogP contribution in [-0.4, -0.2) is 60.4 Å². The number of benzene rings is 2. The fraction of sp³-hybridized carbons (Fsp3) is 0.364. The van der Waals surface area contributed by atoms with Crippen LogP contribution in [0.15, 0.2) is 65.7 Å². The topological polar surface area (TPSA) is 107 Å². The van der Waals surface area contributed by atoms with Crippen molar-refractivity contribution in [1.82, 2.24) is 3.97 Å². The van der Waals surface area contributed by atoms with Gasteiger partial charge in [0.1, 0.15) is 5.75 Å². The smallest absolute Gasteiger partial charge is 0.268 e. The summed E-state index contributed by atoms with van der Waals surface area (Å²) in [5.41, 5.74) is 0.453. The molecular formula is C22H25NO7S. The highest BCUT2D eigenvalue weighted by Gasteiger charge is 2.40. The minimum absolute atomic E-state index is 0.154. The Hall–Kier alpha value is -2.43. The molecule has 2 heterocycles. The van der Waals surface area contributed by atoms with Gasteiger partial charge in [0, 0.05) is 18.4 Å². The van der Waals surface area contributed by atoms with E-state index < -0.39 is 34.6 Å². The summed E-state index contributed by atoms with van der Waals surface area (Å²) in [5.74, 6) is 0.287. The molecule has 1 fully saturated rings. The lowest BCUT2D eigenvalue weighted by molar-refractivity contribution is -0.263. The van der Waals surface area contributed by atoms with E-state index in [9.17, 15) is 18.6 Å². The van der Waals surface area contributed by atoms with Gasteiger partial charge in [-0.05, 0) is 31.2 Å². The average molecular weight is 448 g/mol. The standard InChI is InChI=1S/C22H25NO7S/c1-2-28-22-21(19(25)12-15(14-24)29-22)30-20-13-23(18-11-7-6-10-17(18)20)31(26,27)16-8-4-3-5-9-16/h3-11,13,15,19,21-22,24-25H,2,12,14H2,1H3/t15-,19-,21+,22-/m0/s1. The molecule has 0 unspecified atom stereocenters. The van der Waals surface area contributed by atoms with Crippen LogP contribution in [0.2, 0.25) is 0 Å². The van der Waals surface area contributed by atoms with Crippen molar-refractivity contribution in [1.29, 1.82) is 0 Å².